The van der Waals surface area contributed by atoms with Crippen molar-refractivity contribution in [1.29, 1.82) is 0 Å². The van der Waals surface area contributed by atoms with Gasteiger partial charge in [-0.05, 0) is 36.5 Å². The average molecular weight is 394 g/mol. The summed E-state index contributed by atoms with van der Waals surface area (Å²) in [5.74, 6) is 0. The summed E-state index contributed by atoms with van der Waals surface area (Å²) in [7, 11) is 0. The van der Waals surface area contributed by atoms with Crippen LogP contribution in [-0.2, 0) is 11.3 Å². The maximum atomic E-state index is 11.4. The Morgan fingerprint density at radius 3 is 2.21 bits per heavy atom. The van der Waals surface area contributed by atoms with Crippen LogP contribution in [0.4, 0.5) is 0 Å². The van der Waals surface area contributed by atoms with E-state index in [0.29, 0.717) is 19.5 Å². The van der Waals surface area contributed by atoms with Crippen molar-refractivity contribution < 1.29 is 9.90 Å². The minimum absolute atomic E-state index is 0.330. The van der Waals surface area contributed by atoms with Crippen molar-refractivity contribution in [2.75, 3.05) is 6.54 Å². The molecule has 0 aromatic heterocycles. The molecule has 1 N–H and O–H groups in total. The number of carbonyl (C=O) groups excluding carboxylic acids is 1. The van der Waals surface area contributed by atoms with Crippen LogP contribution in [0.3, 0.4) is 0 Å². The first-order chi connectivity index (χ1) is 14.2. The number of nitrogens with zero attached hydrogens (tertiary/aromatic N) is 1. The molecule has 0 saturated carbocycles. The van der Waals surface area contributed by atoms with Crippen LogP contribution in [0.15, 0.2) is 78.4 Å². The van der Waals surface area contributed by atoms with Crippen molar-refractivity contribution in [1.82, 2.24) is 4.90 Å². The first-order valence-electron chi connectivity index (χ1n) is 10.5. The molecule has 0 radical (unpaired) electrons. The molecule has 1 atom stereocenters. The van der Waals surface area contributed by atoms with Crippen molar-refractivity contribution >= 4 is 6.41 Å². The van der Waals surface area contributed by atoms with E-state index in [1.165, 1.54) is 11.1 Å². The predicted molar refractivity (Wildman–Crippen MR) is 124 cm³/mol. The van der Waals surface area contributed by atoms with Crippen molar-refractivity contribution in [3.63, 3.8) is 0 Å². The van der Waals surface area contributed by atoms with Crippen molar-refractivity contribution in [2.24, 2.45) is 0 Å². The zero-order valence-electron chi connectivity index (χ0n) is 18.2. The Balaban J connectivity index is 0.00000204. The predicted octanol–water partition coefficient (Wildman–Crippen LogP) is 6.00. The fraction of sp³-hybridized carbons (Fsp3) is 0.346. The van der Waals surface area contributed by atoms with Gasteiger partial charge in [-0.3, -0.25) is 4.79 Å². The summed E-state index contributed by atoms with van der Waals surface area (Å²) in [4.78, 5) is 13.1. The van der Waals surface area contributed by atoms with Crippen LogP contribution in [0.1, 0.15) is 46.1 Å². The molecular formula is C26H35NO2. The molecule has 3 nitrogen and oxygen atoms in total. The maximum Gasteiger partial charge on any atom is 0.210 e. The lowest BCUT2D eigenvalue weighted by Gasteiger charge is -2.22. The molecule has 1 amide bonds. The molecule has 2 aromatic rings. The van der Waals surface area contributed by atoms with E-state index in [1.54, 1.807) is 4.90 Å². The molecule has 0 saturated heterocycles. The second kappa shape index (κ2) is 14.4. The van der Waals surface area contributed by atoms with Crippen LogP contribution in [0, 0.1) is 0 Å². The molecule has 156 valence electrons. The van der Waals surface area contributed by atoms with Crippen molar-refractivity contribution in [2.45, 2.75) is 53.2 Å². The van der Waals surface area contributed by atoms with Gasteiger partial charge in [-0.15, -0.1) is 0 Å². The molecule has 0 aliphatic carbocycles. The number of rotatable bonds is 10. The van der Waals surface area contributed by atoms with E-state index in [2.05, 4.69) is 31.2 Å². The third-order valence-corrected chi connectivity index (χ3v) is 4.52. The smallest absolute Gasteiger partial charge is 0.210 e. The van der Waals surface area contributed by atoms with Crippen LogP contribution < -0.4 is 0 Å². The highest BCUT2D eigenvalue weighted by Gasteiger charge is 2.12. The summed E-state index contributed by atoms with van der Waals surface area (Å²) in [6, 6.07) is 18.4. The maximum absolute atomic E-state index is 11.4. The van der Waals surface area contributed by atoms with Crippen LogP contribution >= 0.6 is 0 Å². The number of amides is 1. The number of hydrogen-bond acceptors (Lipinski definition) is 2. The molecule has 0 heterocycles. The Hall–Kier alpha value is -2.65. The van der Waals surface area contributed by atoms with Gasteiger partial charge in [0.1, 0.15) is 0 Å². The van der Waals surface area contributed by atoms with Gasteiger partial charge in [0.2, 0.25) is 6.41 Å². The van der Waals surface area contributed by atoms with Gasteiger partial charge in [0.15, 0.2) is 0 Å². The molecule has 0 spiro atoms. The lowest BCUT2D eigenvalue weighted by molar-refractivity contribution is -0.120. The SMILES string of the molecule is C/C=C\C=C(/CC)CC(O)CN(C=O)Cc1ccc(-c2ccccc2)cc1.CC. The highest BCUT2D eigenvalue weighted by Crippen LogP contribution is 2.20. The monoisotopic (exact) mass is 393 g/mol. The number of aliphatic hydroxyl groups is 1. The van der Waals surface area contributed by atoms with Gasteiger partial charge in [0, 0.05) is 13.1 Å². The zero-order chi connectivity index (χ0) is 21.5. The highest BCUT2D eigenvalue weighted by atomic mass is 16.3. The number of aliphatic hydroxyl groups excluding tert-OH is 1. The summed E-state index contributed by atoms with van der Waals surface area (Å²) in [6.07, 6.45) is 7.72. The quantitative estimate of drug-likeness (QED) is 0.397. The molecule has 2 rings (SSSR count). The van der Waals surface area contributed by atoms with E-state index in [9.17, 15) is 9.90 Å². The fourth-order valence-electron chi connectivity index (χ4n) is 3.01. The van der Waals surface area contributed by atoms with Gasteiger partial charge in [0.05, 0.1) is 6.10 Å². The number of benzene rings is 2. The summed E-state index contributed by atoms with van der Waals surface area (Å²) in [5.41, 5.74) is 4.55. The van der Waals surface area contributed by atoms with E-state index in [0.717, 1.165) is 24.0 Å². The summed E-state index contributed by atoms with van der Waals surface area (Å²) in [6.45, 7) is 8.87. The van der Waals surface area contributed by atoms with Gasteiger partial charge in [-0.25, -0.2) is 0 Å². The normalized spacial score (nSPS) is 12.2. The lowest BCUT2D eigenvalue weighted by Crippen LogP contribution is -2.31. The zero-order valence-corrected chi connectivity index (χ0v) is 18.2. The Kier molecular flexibility index (Phi) is 12.1. The van der Waals surface area contributed by atoms with E-state index in [4.69, 9.17) is 0 Å². The Morgan fingerprint density at radius 2 is 1.66 bits per heavy atom. The molecule has 3 heteroatoms. The minimum Gasteiger partial charge on any atom is -0.391 e. The second-order valence-electron chi connectivity index (χ2n) is 6.66. The van der Waals surface area contributed by atoms with E-state index >= 15 is 0 Å². The number of hydrogen-bond donors (Lipinski definition) is 1. The minimum atomic E-state index is -0.560. The van der Waals surface area contributed by atoms with Crippen LogP contribution in [0.2, 0.25) is 0 Å². The molecule has 0 aliphatic rings. The van der Waals surface area contributed by atoms with Gasteiger partial charge in [-0.1, -0.05) is 99.2 Å². The number of carbonyl (C=O) groups is 1. The molecule has 0 aliphatic heterocycles. The Bertz CT molecular complexity index is 748. The molecule has 1 unspecified atom stereocenters. The Morgan fingerprint density at radius 1 is 1.03 bits per heavy atom. The van der Waals surface area contributed by atoms with Crippen LogP contribution in [-0.4, -0.2) is 29.1 Å². The van der Waals surface area contributed by atoms with Gasteiger partial charge in [-0.2, -0.15) is 0 Å². The van der Waals surface area contributed by atoms with E-state index in [-0.39, 0.29) is 0 Å². The van der Waals surface area contributed by atoms with Crippen molar-refractivity contribution in [3.05, 3.63) is 84.0 Å². The molecule has 0 bridgehead atoms. The lowest BCUT2D eigenvalue weighted by atomic mass is 10.0. The summed E-state index contributed by atoms with van der Waals surface area (Å²) < 4.78 is 0. The summed E-state index contributed by atoms with van der Waals surface area (Å²) >= 11 is 0. The van der Waals surface area contributed by atoms with Gasteiger partial charge in [0.25, 0.3) is 0 Å². The van der Waals surface area contributed by atoms with Crippen LogP contribution in [0.5, 0.6) is 0 Å². The third-order valence-electron chi connectivity index (χ3n) is 4.52. The average Bonchev–Trinajstić information content (AvgIpc) is 2.78. The second-order valence-corrected chi connectivity index (χ2v) is 6.66. The topological polar surface area (TPSA) is 40.5 Å². The highest BCUT2D eigenvalue weighted by molar-refractivity contribution is 5.63. The van der Waals surface area contributed by atoms with Crippen LogP contribution in [0.25, 0.3) is 11.1 Å². The van der Waals surface area contributed by atoms with Crippen molar-refractivity contribution in [3.8, 4) is 11.1 Å². The van der Waals surface area contributed by atoms with Gasteiger partial charge < -0.3 is 10.0 Å². The summed E-state index contributed by atoms with van der Waals surface area (Å²) in [5, 5.41) is 10.4. The molecule has 0 fully saturated rings. The van der Waals surface area contributed by atoms with E-state index < -0.39 is 6.10 Å². The largest absolute Gasteiger partial charge is 0.391 e. The standard InChI is InChI=1S/C24H29NO2.C2H6/c1-3-5-9-20(4-2)16-24(27)18-25(19-26)17-21-12-14-23(15-13-21)22-10-7-6-8-11-22;1-2/h3,5-15,19,24,27H,4,16-18H2,1-2H3;1-2H3/b5-3-,20-9+;. The Labute approximate surface area is 176 Å². The first-order valence-corrected chi connectivity index (χ1v) is 10.5. The number of allylic oxidation sites excluding steroid dienone is 3. The molecule has 29 heavy (non-hydrogen) atoms. The first kappa shape index (κ1) is 24.4. The van der Waals surface area contributed by atoms with Gasteiger partial charge >= 0.3 is 0 Å². The molecule has 2 aromatic carbocycles. The molecular weight excluding hydrogens is 358 g/mol. The third kappa shape index (κ3) is 8.93. The van der Waals surface area contributed by atoms with E-state index in [1.807, 2.05) is 69.3 Å². The fourth-order valence-corrected chi connectivity index (χ4v) is 3.01.